The number of carbonyl (C=O) groups excluding carboxylic acids is 2. The highest BCUT2D eigenvalue weighted by Crippen LogP contribution is 2.40. The molecule has 2 N–H and O–H groups in total. The van der Waals surface area contributed by atoms with Gasteiger partial charge in [0.2, 0.25) is 0 Å². The first-order chi connectivity index (χ1) is 13.0. The van der Waals surface area contributed by atoms with Gasteiger partial charge in [0.05, 0.1) is 11.6 Å². The van der Waals surface area contributed by atoms with Crippen molar-refractivity contribution in [3.8, 4) is 0 Å². The average Bonchev–Trinajstić information content (AvgIpc) is 2.91. The summed E-state index contributed by atoms with van der Waals surface area (Å²) in [5, 5.41) is 20.3. The lowest BCUT2D eigenvalue weighted by molar-refractivity contribution is -0.140. The molecule has 0 bridgehead atoms. The van der Waals surface area contributed by atoms with Crippen LogP contribution < -0.4 is 0 Å². The van der Waals surface area contributed by atoms with Crippen LogP contribution in [-0.2, 0) is 9.59 Å². The number of likely N-dealkylation sites (tertiary alicyclic amines) is 1. The summed E-state index contributed by atoms with van der Waals surface area (Å²) in [5.41, 5.74) is 0.205. The maximum Gasteiger partial charge on any atom is 0.295 e. The zero-order valence-corrected chi connectivity index (χ0v) is 15.0. The number of aliphatic hydroxyl groups is 2. The molecule has 5 nitrogen and oxygen atoms in total. The van der Waals surface area contributed by atoms with Crippen molar-refractivity contribution in [2.45, 2.75) is 12.5 Å². The molecule has 1 fully saturated rings. The molecule has 1 aliphatic heterocycles. The summed E-state index contributed by atoms with van der Waals surface area (Å²) in [7, 11) is 0. The molecule has 0 aromatic heterocycles. The minimum absolute atomic E-state index is 0.0530. The number of Topliss-reactive ketones (excluding diaryl/α,β-unsaturated/α-hetero) is 1. The summed E-state index contributed by atoms with van der Waals surface area (Å²) >= 11 is 5.85. The van der Waals surface area contributed by atoms with Gasteiger partial charge in [0.15, 0.2) is 0 Å². The number of hydrogen-bond acceptors (Lipinski definition) is 4. The minimum atomic E-state index is -1.08. The summed E-state index contributed by atoms with van der Waals surface area (Å²) in [5.74, 6) is -2.73. The SMILES string of the molecule is O=C1C(=O)N(CCCO)C(c2ccccc2F)/C1=C(/O)c1ccc(Cl)cc1. The van der Waals surface area contributed by atoms with E-state index in [9.17, 15) is 19.1 Å². The van der Waals surface area contributed by atoms with Crippen LogP contribution in [-0.4, -0.2) is 40.0 Å². The molecule has 0 saturated carbocycles. The Morgan fingerprint density at radius 1 is 1.11 bits per heavy atom. The Kier molecular flexibility index (Phi) is 5.58. The largest absolute Gasteiger partial charge is 0.507 e. The summed E-state index contributed by atoms with van der Waals surface area (Å²) < 4.78 is 14.5. The van der Waals surface area contributed by atoms with E-state index in [1.807, 2.05) is 0 Å². The fraction of sp³-hybridized carbons (Fsp3) is 0.200. The number of benzene rings is 2. The minimum Gasteiger partial charge on any atom is -0.507 e. The van der Waals surface area contributed by atoms with Gasteiger partial charge in [0.1, 0.15) is 11.6 Å². The lowest BCUT2D eigenvalue weighted by Gasteiger charge is -2.25. The van der Waals surface area contributed by atoms with E-state index < -0.39 is 29.3 Å². The van der Waals surface area contributed by atoms with Crippen molar-refractivity contribution in [2.24, 2.45) is 0 Å². The smallest absolute Gasteiger partial charge is 0.295 e. The number of rotatable bonds is 5. The van der Waals surface area contributed by atoms with Crippen molar-refractivity contribution >= 4 is 29.1 Å². The highest BCUT2D eigenvalue weighted by molar-refractivity contribution is 6.46. The zero-order chi connectivity index (χ0) is 19.6. The fourth-order valence-corrected chi connectivity index (χ4v) is 3.26. The van der Waals surface area contributed by atoms with Gasteiger partial charge in [-0.25, -0.2) is 4.39 Å². The maximum atomic E-state index is 14.5. The normalized spacial score (nSPS) is 18.9. The van der Waals surface area contributed by atoms with E-state index in [-0.39, 0.29) is 30.7 Å². The molecule has 1 amide bonds. The van der Waals surface area contributed by atoms with Crippen LogP contribution in [0.5, 0.6) is 0 Å². The van der Waals surface area contributed by atoms with Crippen molar-refractivity contribution in [3.63, 3.8) is 0 Å². The zero-order valence-electron chi connectivity index (χ0n) is 14.2. The monoisotopic (exact) mass is 389 g/mol. The number of amides is 1. The molecule has 3 rings (SSSR count). The van der Waals surface area contributed by atoms with Crippen LogP contribution in [0, 0.1) is 5.82 Å². The second-order valence-corrected chi connectivity index (χ2v) is 6.53. The van der Waals surface area contributed by atoms with E-state index in [2.05, 4.69) is 0 Å². The van der Waals surface area contributed by atoms with Gasteiger partial charge in [-0.2, -0.15) is 0 Å². The van der Waals surface area contributed by atoms with E-state index in [4.69, 9.17) is 16.7 Å². The van der Waals surface area contributed by atoms with Crippen LogP contribution in [0.25, 0.3) is 5.76 Å². The second kappa shape index (κ2) is 7.90. The van der Waals surface area contributed by atoms with Crippen LogP contribution in [0.1, 0.15) is 23.6 Å². The lowest BCUT2D eigenvalue weighted by Crippen LogP contribution is -2.31. The van der Waals surface area contributed by atoms with E-state index in [0.717, 1.165) is 0 Å². The fourth-order valence-electron chi connectivity index (χ4n) is 3.14. The quantitative estimate of drug-likeness (QED) is 0.467. The predicted octanol–water partition coefficient (Wildman–Crippen LogP) is 3.28. The van der Waals surface area contributed by atoms with Gasteiger partial charge in [-0.1, -0.05) is 29.8 Å². The highest BCUT2D eigenvalue weighted by Gasteiger charge is 2.46. The van der Waals surface area contributed by atoms with Crippen LogP contribution in [0.4, 0.5) is 4.39 Å². The predicted molar refractivity (Wildman–Crippen MR) is 98.6 cm³/mol. The molecule has 7 heteroatoms. The van der Waals surface area contributed by atoms with Gasteiger partial charge in [0, 0.05) is 29.3 Å². The molecule has 0 spiro atoms. The molecule has 1 aliphatic rings. The second-order valence-electron chi connectivity index (χ2n) is 6.10. The van der Waals surface area contributed by atoms with Crippen LogP contribution >= 0.6 is 11.6 Å². The molecule has 2 aromatic carbocycles. The number of nitrogens with zero attached hydrogens (tertiary/aromatic N) is 1. The third-order valence-corrected chi connectivity index (χ3v) is 4.67. The standard InChI is InChI=1S/C20H17ClFNO4/c21-13-8-6-12(7-9-13)18(25)16-17(14-4-1-2-5-15(14)22)23(10-3-11-24)20(27)19(16)26/h1-2,4-9,17,24-25H,3,10-11H2/b18-16-. The topological polar surface area (TPSA) is 77.8 Å². The van der Waals surface area contributed by atoms with Crippen LogP contribution in [0.15, 0.2) is 54.1 Å². The number of carbonyl (C=O) groups is 2. The van der Waals surface area contributed by atoms with Crippen LogP contribution in [0.3, 0.4) is 0 Å². The molecule has 1 unspecified atom stereocenters. The molecule has 0 radical (unpaired) electrons. The Morgan fingerprint density at radius 2 is 1.78 bits per heavy atom. The third kappa shape index (κ3) is 3.59. The van der Waals surface area contributed by atoms with Gasteiger partial charge in [-0.3, -0.25) is 9.59 Å². The van der Waals surface area contributed by atoms with Gasteiger partial charge in [0.25, 0.3) is 11.7 Å². The number of hydrogen-bond donors (Lipinski definition) is 2. The Hall–Kier alpha value is -2.70. The first-order valence-electron chi connectivity index (χ1n) is 8.35. The first kappa shape index (κ1) is 19.1. The first-order valence-corrected chi connectivity index (χ1v) is 8.73. The Morgan fingerprint density at radius 3 is 2.41 bits per heavy atom. The van der Waals surface area contributed by atoms with Gasteiger partial charge < -0.3 is 15.1 Å². The van der Waals surface area contributed by atoms with Gasteiger partial charge in [-0.15, -0.1) is 0 Å². The molecule has 140 valence electrons. The Bertz CT molecular complexity index is 910. The lowest BCUT2D eigenvalue weighted by atomic mass is 9.95. The average molecular weight is 390 g/mol. The van der Waals surface area contributed by atoms with Gasteiger partial charge in [-0.05, 0) is 36.8 Å². The van der Waals surface area contributed by atoms with E-state index >= 15 is 0 Å². The van der Waals surface area contributed by atoms with Crippen LogP contribution in [0.2, 0.25) is 5.02 Å². The Balaban J connectivity index is 2.18. The molecule has 2 aromatic rings. The summed E-state index contributed by atoms with van der Waals surface area (Å²) in [4.78, 5) is 26.3. The van der Waals surface area contributed by atoms with E-state index in [1.165, 1.54) is 47.4 Å². The summed E-state index contributed by atoms with van der Waals surface area (Å²) in [6.45, 7) is -0.137. The van der Waals surface area contributed by atoms with Crippen molar-refractivity contribution in [1.29, 1.82) is 0 Å². The Labute approximate surface area is 160 Å². The summed E-state index contributed by atoms with van der Waals surface area (Å²) in [6.07, 6.45) is 0.221. The number of ketones is 1. The van der Waals surface area contributed by atoms with Crippen molar-refractivity contribution in [2.75, 3.05) is 13.2 Å². The molecule has 1 saturated heterocycles. The van der Waals surface area contributed by atoms with Crippen molar-refractivity contribution in [1.82, 2.24) is 4.90 Å². The maximum absolute atomic E-state index is 14.5. The molecule has 27 heavy (non-hydrogen) atoms. The number of halogens is 2. The molecule has 1 heterocycles. The molecule has 1 atom stereocenters. The summed E-state index contributed by atoms with van der Waals surface area (Å²) in [6, 6.07) is 10.8. The van der Waals surface area contributed by atoms with E-state index in [1.54, 1.807) is 6.07 Å². The van der Waals surface area contributed by atoms with Crippen molar-refractivity contribution < 1.29 is 24.2 Å². The molecular formula is C20H17ClFNO4. The molecule has 0 aliphatic carbocycles. The third-order valence-electron chi connectivity index (χ3n) is 4.41. The molecular weight excluding hydrogens is 373 g/mol. The highest BCUT2D eigenvalue weighted by atomic mass is 35.5. The number of aliphatic hydroxyl groups excluding tert-OH is 2. The van der Waals surface area contributed by atoms with Crippen molar-refractivity contribution in [3.05, 3.63) is 76.1 Å². The van der Waals surface area contributed by atoms with Gasteiger partial charge >= 0.3 is 0 Å². The van der Waals surface area contributed by atoms with E-state index in [0.29, 0.717) is 10.6 Å².